The molecule has 0 bridgehead atoms. The molecule has 3 atom stereocenters. The lowest BCUT2D eigenvalue weighted by atomic mass is 9.78. The van der Waals surface area contributed by atoms with Gasteiger partial charge in [-0.3, -0.25) is 11.3 Å². The fourth-order valence-corrected chi connectivity index (χ4v) is 3.63. The van der Waals surface area contributed by atoms with Crippen LogP contribution in [0.4, 0.5) is 0 Å². The third-order valence-corrected chi connectivity index (χ3v) is 4.77. The lowest BCUT2D eigenvalue weighted by Gasteiger charge is -2.40. The highest BCUT2D eigenvalue weighted by Crippen LogP contribution is 2.41. The second-order valence-electron chi connectivity index (χ2n) is 6.09. The van der Waals surface area contributed by atoms with Crippen LogP contribution in [0.25, 0.3) is 0 Å². The Labute approximate surface area is 120 Å². The van der Waals surface area contributed by atoms with Crippen LogP contribution in [0, 0.1) is 12.8 Å². The predicted molar refractivity (Wildman–Crippen MR) is 78.1 cm³/mol. The number of hydrogen-bond acceptors (Lipinski definition) is 4. The molecule has 2 heterocycles. The van der Waals surface area contributed by atoms with Gasteiger partial charge in [0, 0.05) is 25.7 Å². The fraction of sp³-hybridized carbons (Fsp3) is 0.625. The first kappa shape index (κ1) is 14.0. The first-order valence-electron chi connectivity index (χ1n) is 7.47. The minimum atomic E-state index is -0.0687. The number of hydrazine groups is 1. The van der Waals surface area contributed by atoms with E-state index in [1.54, 1.807) is 0 Å². The smallest absolute Gasteiger partial charge is 0.0940 e. The van der Waals surface area contributed by atoms with Crippen LogP contribution < -0.4 is 11.3 Å². The maximum absolute atomic E-state index is 6.02. The van der Waals surface area contributed by atoms with E-state index in [0.717, 1.165) is 39.1 Å². The number of rotatable bonds is 3. The number of nitrogens with two attached hydrogens (primary N) is 1. The van der Waals surface area contributed by atoms with Gasteiger partial charge in [-0.2, -0.15) is 0 Å². The van der Waals surface area contributed by atoms with E-state index in [-0.39, 0.29) is 11.6 Å². The van der Waals surface area contributed by atoms with Crippen LogP contribution in [-0.2, 0) is 9.47 Å². The number of aryl methyl sites for hydroxylation is 1. The normalized spacial score (nSPS) is 31.6. The van der Waals surface area contributed by atoms with Crippen molar-refractivity contribution in [2.45, 2.75) is 37.8 Å². The topological polar surface area (TPSA) is 56.5 Å². The minimum absolute atomic E-state index is 0.0687. The molecule has 0 saturated carbocycles. The minimum Gasteiger partial charge on any atom is -0.378 e. The Morgan fingerprint density at radius 2 is 2.20 bits per heavy atom. The third-order valence-electron chi connectivity index (χ3n) is 4.77. The van der Waals surface area contributed by atoms with Crippen LogP contribution in [0.2, 0.25) is 0 Å². The van der Waals surface area contributed by atoms with E-state index < -0.39 is 0 Å². The molecule has 2 aliphatic heterocycles. The van der Waals surface area contributed by atoms with Crippen molar-refractivity contribution in [1.29, 1.82) is 0 Å². The Bertz CT molecular complexity index is 458. The lowest BCUT2D eigenvalue weighted by Crippen LogP contribution is -2.45. The van der Waals surface area contributed by atoms with Crippen LogP contribution in [0.5, 0.6) is 0 Å². The van der Waals surface area contributed by atoms with Gasteiger partial charge in [0.15, 0.2) is 0 Å². The maximum atomic E-state index is 6.02. The molecule has 1 aromatic carbocycles. The summed E-state index contributed by atoms with van der Waals surface area (Å²) in [6, 6.07) is 8.67. The van der Waals surface area contributed by atoms with E-state index in [2.05, 4.69) is 36.6 Å². The molecule has 0 radical (unpaired) electrons. The van der Waals surface area contributed by atoms with Gasteiger partial charge < -0.3 is 9.47 Å². The first-order valence-corrected chi connectivity index (χ1v) is 7.47. The number of nitrogens with one attached hydrogen (secondary N) is 1. The van der Waals surface area contributed by atoms with Crippen molar-refractivity contribution >= 4 is 0 Å². The summed E-state index contributed by atoms with van der Waals surface area (Å²) in [6.07, 6.45) is 3.08. The highest BCUT2D eigenvalue weighted by atomic mass is 16.6. The van der Waals surface area contributed by atoms with Gasteiger partial charge in [0.1, 0.15) is 0 Å². The molecular formula is C16H24N2O2. The molecule has 110 valence electrons. The Morgan fingerprint density at radius 3 is 2.90 bits per heavy atom. The summed E-state index contributed by atoms with van der Waals surface area (Å²) >= 11 is 0. The summed E-state index contributed by atoms with van der Waals surface area (Å²) in [4.78, 5) is 0. The molecule has 1 aromatic rings. The van der Waals surface area contributed by atoms with Crippen molar-refractivity contribution in [1.82, 2.24) is 5.43 Å². The van der Waals surface area contributed by atoms with Gasteiger partial charge in [-0.15, -0.1) is 0 Å². The molecule has 20 heavy (non-hydrogen) atoms. The molecule has 0 amide bonds. The van der Waals surface area contributed by atoms with E-state index in [1.165, 1.54) is 11.1 Å². The van der Waals surface area contributed by atoms with Gasteiger partial charge in [0.2, 0.25) is 0 Å². The molecule has 0 aromatic heterocycles. The van der Waals surface area contributed by atoms with Crippen LogP contribution in [-0.4, -0.2) is 25.4 Å². The number of ether oxygens (including phenoxy) is 2. The Morgan fingerprint density at radius 1 is 1.35 bits per heavy atom. The molecule has 2 fully saturated rings. The quantitative estimate of drug-likeness (QED) is 0.655. The van der Waals surface area contributed by atoms with E-state index in [4.69, 9.17) is 15.3 Å². The summed E-state index contributed by atoms with van der Waals surface area (Å²) in [7, 11) is 0. The predicted octanol–water partition coefficient (Wildman–Crippen LogP) is 2.09. The summed E-state index contributed by atoms with van der Waals surface area (Å²) < 4.78 is 11.6. The molecule has 4 heteroatoms. The van der Waals surface area contributed by atoms with E-state index in [0.29, 0.717) is 5.92 Å². The van der Waals surface area contributed by atoms with Crippen LogP contribution in [0.3, 0.4) is 0 Å². The standard InChI is InChI=1S/C16H24N2O2/c1-12-4-2-3-5-14(12)15(18-17)13-6-8-20-16(10-13)7-9-19-11-16/h2-5,13,15,18H,6-11,17H2,1H3. The van der Waals surface area contributed by atoms with E-state index in [9.17, 15) is 0 Å². The molecular weight excluding hydrogens is 252 g/mol. The zero-order valence-electron chi connectivity index (χ0n) is 12.1. The molecule has 3 unspecified atom stereocenters. The van der Waals surface area contributed by atoms with E-state index in [1.807, 2.05) is 0 Å². The molecule has 0 aliphatic carbocycles. The fourth-order valence-electron chi connectivity index (χ4n) is 3.63. The Balaban J connectivity index is 1.81. The number of hydrogen-bond donors (Lipinski definition) is 2. The second kappa shape index (κ2) is 5.82. The zero-order valence-corrected chi connectivity index (χ0v) is 12.1. The summed E-state index contributed by atoms with van der Waals surface area (Å²) in [6.45, 7) is 4.50. The van der Waals surface area contributed by atoms with Crippen molar-refractivity contribution in [2.75, 3.05) is 19.8 Å². The van der Waals surface area contributed by atoms with Gasteiger partial charge in [-0.25, -0.2) is 0 Å². The van der Waals surface area contributed by atoms with Gasteiger partial charge in [0.25, 0.3) is 0 Å². The van der Waals surface area contributed by atoms with Crippen molar-refractivity contribution in [3.63, 3.8) is 0 Å². The van der Waals surface area contributed by atoms with Crippen LogP contribution in [0.1, 0.15) is 36.4 Å². The van der Waals surface area contributed by atoms with Gasteiger partial charge in [0.05, 0.1) is 12.2 Å². The van der Waals surface area contributed by atoms with Gasteiger partial charge in [-0.1, -0.05) is 24.3 Å². The highest BCUT2D eigenvalue weighted by Gasteiger charge is 2.43. The summed E-state index contributed by atoms with van der Waals surface area (Å²) in [5.41, 5.74) is 5.56. The molecule has 3 N–H and O–H groups in total. The van der Waals surface area contributed by atoms with Gasteiger partial charge in [-0.05, 0) is 36.8 Å². The SMILES string of the molecule is Cc1ccccc1C(NN)C1CCOC2(CCOC2)C1. The average Bonchev–Trinajstić information content (AvgIpc) is 2.90. The largest absolute Gasteiger partial charge is 0.378 e. The zero-order chi connectivity index (χ0) is 14.0. The Hall–Kier alpha value is -0.940. The summed E-state index contributed by atoms with van der Waals surface area (Å²) in [5.74, 6) is 6.37. The number of benzene rings is 1. The summed E-state index contributed by atoms with van der Waals surface area (Å²) in [5, 5.41) is 0. The maximum Gasteiger partial charge on any atom is 0.0940 e. The molecule has 2 aliphatic rings. The van der Waals surface area contributed by atoms with E-state index >= 15 is 0 Å². The average molecular weight is 276 g/mol. The molecule has 2 saturated heterocycles. The van der Waals surface area contributed by atoms with Crippen LogP contribution >= 0.6 is 0 Å². The van der Waals surface area contributed by atoms with Crippen LogP contribution in [0.15, 0.2) is 24.3 Å². The Kier molecular flexibility index (Phi) is 4.08. The first-order chi connectivity index (χ1) is 9.74. The van der Waals surface area contributed by atoms with Gasteiger partial charge >= 0.3 is 0 Å². The third kappa shape index (κ3) is 2.61. The highest BCUT2D eigenvalue weighted by molar-refractivity contribution is 5.29. The van der Waals surface area contributed by atoms with Crippen molar-refractivity contribution in [2.24, 2.45) is 11.8 Å². The molecule has 1 spiro atoms. The monoisotopic (exact) mass is 276 g/mol. The second-order valence-corrected chi connectivity index (χ2v) is 6.09. The van der Waals surface area contributed by atoms with Crippen molar-refractivity contribution in [3.05, 3.63) is 35.4 Å². The molecule has 4 nitrogen and oxygen atoms in total. The molecule has 3 rings (SSSR count). The lowest BCUT2D eigenvalue weighted by molar-refractivity contribution is -0.103. The van der Waals surface area contributed by atoms with Crippen molar-refractivity contribution < 1.29 is 9.47 Å². The van der Waals surface area contributed by atoms with Crippen molar-refractivity contribution in [3.8, 4) is 0 Å².